The molecule has 0 saturated heterocycles. The van der Waals surface area contributed by atoms with Crippen LogP contribution in [0.15, 0.2) is 0 Å². The van der Waals surface area contributed by atoms with Crippen molar-refractivity contribution in [2.45, 2.75) is 50.5 Å². The molecule has 0 atom stereocenters. The average Bonchev–Trinajstić information content (AvgIpc) is 2.13. The third-order valence-electron chi connectivity index (χ3n) is 4.61. The van der Waals surface area contributed by atoms with Crippen LogP contribution in [-0.2, 0) is 9.53 Å². The number of ether oxygens (including phenoxy) is 1. The second kappa shape index (κ2) is 4.01. The Morgan fingerprint density at radius 1 is 1.12 bits per heavy atom. The van der Waals surface area contributed by atoms with E-state index in [1.165, 1.54) is 19.3 Å². The predicted molar refractivity (Wildman–Crippen MR) is 65.4 cm³/mol. The van der Waals surface area contributed by atoms with E-state index >= 15 is 0 Å². The van der Waals surface area contributed by atoms with Crippen molar-refractivity contribution >= 4 is 21.9 Å². The summed E-state index contributed by atoms with van der Waals surface area (Å²) >= 11 is 3.30. The molecule has 0 heterocycles. The van der Waals surface area contributed by atoms with E-state index < -0.39 is 0 Å². The van der Waals surface area contributed by atoms with Gasteiger partial charge in [-0.05, 0) is 56.3 Å². The highest BCUT2D eigenvalue weighted by molar-refractivity contribution is 9.09. The quantitative estimate of drug-likeness (QED) is 0.588. The molecule has 4 fully saturated rings. The first-order valence-corrected chi connectivity index (χ1v) is 7.59. The molecular formula is C13H19BrO2. The lowest BCUT2D eigenvalue weighted by molar-refractivity contribution is -0.186. The summed E-state index contributed by atoms with van der Waals surface area (Å²) in [5, 5.41) is 0.720. The van der Waals surface area contributed by atoms with Gasteiger partial charge in [-0.3, -0.25) is 4.79 Å². The molecule has 3 heteroatoms. The maximum atomic E-state index is 11.7. The molecule has 2 nitrogen and oxygen atoms in total. The lowest BCUT2D eigenvalue weighted by atomic mass is 9.54. The van der Waals surface area contributed by atoms with Gasteiger partial charge in [0.2, 0.25) is 0 Å². The number of alkyl halides is 1. The van der Waals surface area contributed by atoms with Crippen molar-refractivity contribution < 1.29 is 9.53 Å². The Morgan fingerprint density at radius 2 is 1.62 bits per heavy atom. The Morgan fingerprint density at radius 3 is 2.06 bits per heavy atom. The molecule has 4 aliphatic rings. The minimum absolute atomic E-state index is 0.00109. The van der Waals surface area contributed by atoms with Crippen molar-refractivity contribution in [1.82, 2.24) is 0 Å². The topological polar surface area (TPSA) is 26.3 Å². The third kappa shape index (κ3) is 1.92. The van der Waals surface area contributed by atoms with Gasteiger partial charge < -0.3 is 4.74 Å². The van der Waals surface area contributed by atoms with Gasteiger partial charge in [0.1, 0.15) is 5.60 Å². The van der Waals surface area contributed by atoms with Crippen LogP contribution in [0.25, 0.3) is 0 Å². The lowest BCUT2D eigenvalue weighted by Gasteiger charge is -2.55. The fourth-order valence-corrected chi connectivity index (χ4v) is 4.85. The summed E-state index contributed by atoms with van der Waals surface area (Å²) in [6, 6.07) is 0. The molecular weight excluding hydrogens is 268 g/mol. The zero-order chi connectivity index (χ0) is 11.2. The van der Waals surface area contributed by atoms with Crippen LogP contribution in [0.5, 0.6) is 0 Å². The second-order valence-corrected chi connectivity index (χ2v) is 6.81. The number of esters is 1. The van der Waals surface area contributed by atoms with Crippen LogP contribution >= 0.6 is 15.9 Å². The van der Waals surface area contributed by atoms with E-state index in [2.05, 4.69) is 15.9 Å². The number of carbonyl (C=O) groups is 1. The third-order valence-corrected chi connectivity index (χ3v) is 5.01. The average molecular weight is 287 g/mol. The normalized spacial score (nSPS) is 44.7. The van der Waals surface area contributed by atoms with Crippen LogP contribution in [-0.4, -0.2) is 16.9 Å². The molecule has 4 bridgehead atoms. The first-order chi connectivity index (χ1) is 7.69. The molecule has 0 N–H and O–H groups in total. The number of hydrogen-bond acceptors (Lipinski definition) is 2. The fraction of sp³-hybridized carbons (Fsp3) is 0.923. The summed E-state index contributed by atoms with van der Waals surface area (Å²) in [6.45, 7) is 0. The van der Waals surface area contributed by atoms with Gasteiger partial charge in [0.15, 0.2) is 0 Å². The summed E-state index contributed by atoms with van der Waals surface area (Å²) in [4.78, 5) is 11.7. The van der Waals surface area contributed by atoms with Gasteiger partial charge >= 0.3 is 5.97 Å². The van der Waals surface area contributed by atoms with Crippen molar-refractivity contribution in [3.63, 3.8) is 0 Å². The van der Waals surface area contributed by atoms with Gasteiger partial charge in [-0.15, -0.1) is 0 Å². The van der Waals surface area contributed by atoms with E-state index in [9.17, 15) is 4.79 Å². The van der Waals surface area contributed by atoms with Crippen LogP contribution in [0, 0.1) is 17.8 Å². The Labute approximate surface area is 105 Å². The van der Waals surface area contributed by atoms with Gasteiger partial charge in [0.05, 0.1) is 6.42 Å². The van der Waals surface area contributed by atoms with E-state index in [1.807, 2.05) is 0 Å². The number of rotatable bonds is 3. The van der Waals surface area contributed by atoms with Gasteiger partial charge in [0, 0.05) is 5.33 Å². The molecule has 0 unspecified atom stereocenters. The summed E-state index contributed by atoms with van der Waals surface area (Å²) < 4.78 is 5.82. The van der Waals surface area contributed by atoms with Gasteiger partial charge in [0.25, 0.3) is 0 Å². The van der Waals surface area contributed by atoms with Crippen molar-refractivity contribution in [2.24, 2.45) is 17.8 Å². The zero-order valence-corrected chi connectivity index (χ0v) is 11.2. The Kier molecular flexibility index (Phi) is 2.77. The fourth-order valence-electron chi connectivity index (χ4n) is 4.53. The van der Waals surface area contributed by atoms with E-state index in [0.29, 0.717) is 6.42 Å². The monoisotopic (exact) mass is 286 g/mol. The first-order valence-electron chi connectivity index (χ1n) is 6.47. The van der Waals surface area contributed by atoms with Crippen molar-refractivity contribution in [2.75, 3.05) is 5.33 Å². The maximum absolute atomic E-state index is 11.7. The molecule has 0 aliphatic heterocycles. The van der Waals surface area contributed by atoms with Gasteiger partial charge in [-0.1, -0.05) is 15.9 Å². The van der Waals surface area contributed by atoms with E-state index in [0.717, 1.165) is 42.3 Å². The molecule has 90 valence electrons. The number of carbonyl (C=O) groups excluding carboxylic acids is 1. The summed E-state index contributed by atoms with van der Waals surface area (Å²) in [6.07, 6.45) is 8.15. The van der Waals surface area contributed by atoms with Crippen LogP contribution < -0.4 is 0 Å². The van der Waals surface area contributed by atoms with Gasteiger partial charge in [-0.25, -0.2) is 0 Å². The Balaban J connectivity index is 1.71. The molecule has 0 radical (unpaired) electrons. The van der Waals surface area contributed by atoms with Gasteiger partial charge in [-0.2, -0.15) is 0 Å². The van der Waals surface area contributed by atoms with Crippen LogP contribution in [0.4, 0.5) is 0 Å². The largest absolute Gasteiger partial charge is 0.459 e. The number of halogens is 1. The maximum Gasteiger partial charge on any atom is 0.307 e. The van der Waals surface area contributed by atoms with E-state index in [4.69, 9.17) is 4.74 Å². The van der Waals surface area contributed by atoms with Crippen molar-refractivity contribution in [3.8, 4) is 0 Å². The summed E-state index contributed by atoms with van der Waals surface area (Å²) in [7, 11) is 0. The lowest BCUT2D eigenvalue weighted by Crippen LogP contribution is -2.52. The SMILES string of the molecule is O=C(CCBr)OC12CC3CC(CC(C3)C1)C2. The molecule has 4 aliphatic carbocycles. The molecule has 0 aromatic rings. The molecule has 4 saturated carbocycles. The molecule has 16 heavy (non-hydrogen) atoms. The smallest absolute Gasteiger partial charge is 0.307 e. The molecule has 0 amide bonds. The van der Waals surface area contributed by atoms with Crippen molar-refractivity contribution in [3.05, 3.63) is 0 Å². The van der Waals surface area contributed by atoms with Crippen LogP contribution in [0.2, 0.25) is 0 Å². The predicted octanol–water partition coefficient (Wildman–Crippen LogP) is 3.28. The number of hydrogen-bond donors (Lipinski definition) is 0. The highest BCUT2D eigenvalue weighted by Crippen LogP contribution is 2.57. The standard InChI is InChI=1S/C13H19BrO2/c14-2-1-12(15)16-13-6-9-3-10(7-13)5-11(4-9)8-13/h9-11H,1-8H2. The van der Waals surface area contributed by atoms with E-state index in [-0.39, 0.29) is 11.6 Å². The highest BCUT2D eigenvalue weighted by atomic mass is 79.9. The first kappa shape index (κ1) is 11.1. The molecule has 0 aromatic heterocycles. The van der Waals surface area contributed by atoms with Crippen LogP contribution in [0.3, 0.4) is 0 Å². The Bertz CT molecular complexity index is 265. The molecule has 0 spiro atoms. The minimum Gasteiger partial charge on any atom is -0.459 e. The molecule has 4 rings (SSSR count). The minimum atomic E-state index is -0.0476. The summed E-state index contributed by atoms with van der Waals surface area (Å²) in [5.74, 6) is 2.55. The van der Waals surface area contributed by atoms with E-state index in [1.54, 1.807) is 0 Å². The summed E-state index contributed by atoms with van der Waals surface area (Å²) in [5.41, 5.74) is -0.0476. The Hall–Kier alpha value is -0.0500. The zero-order valence-electron chi connectivity index (χ0n) is 9.58. The van der Waals surface area contributed by atoms with Crippen LogP contribution in [0.1, 0.15) is 44.9 Å². The highest BCUT2D eigenvalue weighted by Gasteiger charge is 2.53. The second-order valence-electron chi connectivity index (χ2n) is 6.01. The van der Waals surface area contributed by atoms with Crippen molar-refractivity contribution in [1.29, 1.82) is 0 Å². The molecule has 0 aromatic carbocycles.